The lowest BCUT2D eigenvalue weighted by Gasteiger charge is -2.11. The minimum absolute atomic E-state index is 0.119. The number of carbonyl (C=O) groups excluding carboxylic acids is 1. The van der Waals surface area contributed by atoms with Crippen molar-refractivity contribution in [2.75, 3.05) is 6.61 Å². The van der Waals surface area contributed by atoms with E-state index in [2.05, 4.69) is 17.2 Å². The minimum atomic E-state index is -0.119. The second kappa shape index (κ2) is 5.36. The molecule has 4 heteroatoms. The highest BCUT2D eigenvalue weighted by molar-refractivity contribution is 7.10. The minimum Gasteiger partial charge on any atom is -0.384 e. The molecule has 3 rings (SSSR count). The highest BCUT2D eigenvalue weighted by Gasteiger charge is 2.47. The summed E-state index contributed by atoms with van der Waals surface area (Å²) in [4.78, 5) is 13.1. The van der Waals surface area contributed by atoms with Crippen LogP contribution in [0.5, 0.6) is 0 Å². The Labute approximate surface area is 117 Å². The normalized spacial score (nSPS) is 27.3. The van der Waals surface area contributed by atoms with Crippen LogP contribution in [0.25, 0.3) is 0 Å². The maximum Gasteiger partial charge on any atom is 0.223 e. The van der Waals surface area contributed by atoms with E-state index in [1.165, 1.54) is 6.42 Å². The standard InChI is InChI=1S/C15H17NO2S/c17-3-1-2-10-4-14(19-9-10)8-16-15(18)13-6-11-5-12(11)7-13/h4,9,11-13,17H,3,5-8H2,(H,16,18). The fraction of sp³-hybridized carbons (Fsp3) is 0.533. The number of aliphatic hydroxyl groups is 1. The van der Waals surface area contributed by atoms with Crippen LogP contribution in [0.4, 0.5) is 0 Å². The zero-order valence-electron chi connectivity index (χ0n) is 10.7. The largest absolute Gasteiger partial charge is 0.384 e. The predicted octanol–water partition coefficient (Wildman–Crippen LogP) is 1.75. The third-order valence-corrected chi connectivity index (χ3v) is 4.95. The van der Waals surface area contributed by atoms with Crippen molar-refractivity contribution in [1.29, 1.82) is 0 Å². The molecule has 2 fully saturated rings. The first kappa shape index (κ1) is 12.7. The average molecular weight is 275 g/mol. The maximum atomic E-state index is 12.0. The van der Waals surface area contributed by atoms with Gasteiger partial charge in [0.05, 0.1) is 6.54 Å². The number of hydrogen-bond acceptors (Lipinski definition) is 3. The van der Waals surface area contributed by atoms with Crippen LogP contribution in [0.15, 0.2) is 11.4 Å². The molecule has 3 nitrogen and oxygen atoms in total. The number of hydrogen-bond donors (Lipinski definition) is 2. The lowest BCUT2D eigenvalue weighted by atomic mass is 10.0. The maximum absolute atomic E-state index is 12.0. The van der Waals surface area contributed by atoms with Gasteiger partial charge in [0.2, 0.25) is 5.91 Å². The summed E-state index contributed by atoms with van der Waals surface area (Å²) in [5.41, 5.74) is 0.908. The van der Waals surface area contributed by atoms with Crippen LogP contribution in [-0.2, 0) is 11.3 Å². The fourth-order valence-corrected chi connectivity index (χ4v) is 3.68. The summed E-state index contributed by atoms with van der Waals surface area (Å²) in [6, 6.07) is 1.97. The molecule has 0 spiro atoms. The van der Waals surface area contributed by atoms with E-state index in [9.17, 15) is 4.79 Å². The van der Waals surface area contributed by atoms with Crippen LogP contribution < -0.4 is 5.32 Å². The van der Waals surface area contributed by atoms with Crippen LogP contribution in [0.1, 0.15) is 29.7 Å². The van der Waals surface area contributed by atoms with E-state index in [0.717, 1.165) is 35.1 Å². The number of aliphatic hydroxyl groups excluding tert-OH is 1. The Hall–Kier alpha value is -1.31. The summed E-state index contributed by atoms with van der Waals surface area (Å²) < 4.78 is 0. The molecule has 0 aliphatic heterocycles. The lowest BCUT2D eigenvalue weighted by molar-refractivity contribution is -0.125. The summed E-state index contributed by atoms with van der Waals surface area (Å²) in [7, 11) is 0. The molecule has 2 saturated carbocycles. The third-order valence-electron chi connectivity index (χ3n) is 4.02. The van der Waals surface area contributed by atoms with Gasteiger partial charge in [-0.3, -0.25) is 4.79 Å². The smallest absolute Gasteiger partial charge is 0.223 e. The highest BCUT2D eigenvalue weighted by atomic mass is 32.1. The van der Waals surface area contributed by atoms with Crippen LogP contribution >= 0.6 is 11.3 Å². The molecular weight excluding hydrogens is 258 g/mol. The van der Waals surface area contributed by atoms with Crippen molar-refractivity contribution in [2.24, 2.45) is 17.8 Å². The van der Waals surface area contributed by atoms with Gasteiger partial charge >= 0.3 is 0 Å². The molecule has 2 aliphatic rings. The number of rotatable bonds is 3. The van der Waals surface area contributed by atoms with Gasteiger partial charge < -0.3 is 10.4 Å². The Morgan fingerprint density at radius 2 is 2.21 bits per heavy atom. The highest BCUT2D eigenvalue weighted by Crippen LogP contribution is 2.54. The van der Waals surface area contributed by atoms with E-state index < -0.39 is 0 Å². The Kier molecular flexibility index (Phi) is 3.58. The zero-order valence-corrected chi connectivity index (χ0v) is 11.5. The lowest BCUT2D eigenvalue weighted by Crippen LogP contribution is -2.29. The SMILES string of the molecule is O=C(NCc1cc(C#CCO)cs1)C1CC2CC2C1. The molecule has 2 atom stereocenters. The van der Waals surface area contributed by atoms with Crippen molar-refractivity contribution in [3.8, 4) is 11.8 Å². The van der Waals surface area contributed by atoms with Gasteiger partial charge in [-0.15, -0.1) is 11.3 Å². The Morgan fingerprint density at radius 3 is 2.95 bits per heavy atom. The summed E-state index contributed by atoms with van der Waals surface area (Å²) in [6.07, 6.45) is 3.53. The van der Waals surface area contributed by atoms with Gasteiger partial charge in [-0.25, -0.2) is 0 Å². The monoisotopic (exact) mass is 275 g/mol. The molecule has 2 unspecified atom stereocenters. The second-order valence-electron chi connectivity index (χ2n) is 5.40. The first-order valence-corrected chi connectivity index (χ1v) is 7.59. The van der Waals surface area contributed by atoms with Gasteiger partial charge in [0.1, 0.15) is 6.61 Å². The van der Waals surface area contributed by atoms with Gasteiger partial charge in [0.25, 0.3) is 0 Å². The number of thiophene rings is 1. The molecule has 1 aromatic rings. The van der Waals surface area contributed by atoms with Gasteiger partial charge in [-0.05, 0) is 37.2 Å². The first-order valence-electron chi connectivity index (χ1n) is 6.71. The molecule has 1 aromatic heterocycles. The molecule has 19 heavy (non-hydrogen) atoms. The van der Waals surface area contributed by atoms with Crippen molar-refractivity contribution in [1.82, 2.24) is 5.32 Å². The van der Waals surface area contributed by atoms with E-state index in [4.69, 9.17) is 5.11 Å². The van der Waals surface area contributed by atoms with Crippen LogP contribution in [0.3, 0.4) is 0 Å². The van der Waals surface area contributed by atoms with E-state index >= 15 is 0 Å². The number of carbonyl (C=O) groups is 1. The number of amides is 1. The Bertz CT molecular complexity index is 530. The summed E-state index contributed by atoms with van der Waals surface area (Å²) in [5, 5.41) is 13.6. The van der Waals surface area contributed by atoms with Gasteiger partial charge in [0.15, 0.2) is 0 Å². The van der Waals surface area contributed by atoms with E-state index in [1.807, 2.05) is 11.4 Å². The molecule has 1 heterocycles. The topological polar surface area (TPSA) is 49.3 Å². The van der Waals surface area contributed by atoms with E-state index in [-0.39, 0.29) is 18.4 Å². The van der Waals surface area contributed by atoms with Crippen molar-refractivity contribution >= 4 is 17.2 Å². The van der Waals surface area contributed by atoms with Crippen molar-refractivity contribution in [2.45, 2.75) is 25.8 Å². The van der Waals surface area contributed by atoms with Crippen LogP contribution in [-0.4, -0.2) is 17.6 Å². The number of fused-ring (bicyclic) bond motifs is 1. The number of nitrogens with one attached hydrogen (secondary N) is 1. The van der Waals surface area contributed by atoms with Crippen molar-refractivity contribution in [3.63, 3.8) is 0 Å². The molecule has 1 amide bonds. The van der Waals surface area contributed by atoms with Gasteiger partial charge in [-0.2, -0.15) is 0 Å². The summed E-state index contributed by atoms with van der Waals surface area (Å²) >= 11 is 1.59. The summed E-state index contributed by atoms with van der Waals surface area (Å²) in [5.74, 6) is 7.64. The second-order valence-corrected chi connectivity index (χ2v) is 6.40. The van der Waals surface area contributed by atoms with Gasteiger partial charge in [-0.1, -0.05) is 11.8 Å². The zero-order chi connectivity index (χ0) is 13.2. The molecule has 2 N–H and O–H groups in total. The van der Waals surface area contributed by atoms with E-state index in [0.29, 0.717) is 6.54 Å². The van der Waals surface area contributed by atoms with Gasteiger partial charge in [0, 0.05) is 21.7 Å². The molecule has 0 aromatic carbocycles. The van der Waals surface area contributed by atoms with Crippen molar-refractivity contribution in [3.05, 3.63) is 21.9 Å². The average Bonchev–Trinajstić information content (AvgIpc) is 2.86. The molecule has 2 aliphatic carbocycles. The van der Waals surface area contributed by atoms with Crippen LogP contribution in [0, 0.1) is 29.6 Å². The third kappa shape index (κ3) is 2.99. The van der Waals surface area contributed by atoms with Crippen LogP contribution in [0.2, 0.25) is 0 Å². The molecule has 0 radical (unpaired) electrons. The Morgan fingerprint density at radius 1 is 1.42 bits per heavy atom. The van der Waals surface area contributed by atoms with E-state index in [1.54, 1.807) is 11.3 Å². The fourth-order valence-electron chi connectivity index (χ4n) is 2.93. The predicted molar refractivity (Wildman–Crippen MR) is 74.5 cm³/mol. The van der Waals surface area contributed by atoms with Crippen molar-refractivity contribution < 1.29 is 9.90 Å². The molecular formula is C15H17NO2S. The summed E-state index contributed by atoms with van der Waals surface area (Å²) in [6.45, 7) is 0.474. The molecule has 0 saturated heterocycles. The molecule has 0 bridgehead atoms. The molecule has 100 valence electrons. The first-order chi connectivity index (χ1) is 9.26. The quantitative estimate of drug-likeness (QED) is 0.826. The Balaban J connectivity index is 1.48.